The van der Waals surface area contributed by atoms with Crippen molar-refractivity contribution in [1.82, 2.24) is 0 Å². The van der Waals surface area contributed by atoms with Crippen LogP contribution in [0.2, 0.25) is 0 Å². The highest BCUT2D eigenvalue weighted by molar-refractivity contribution is 5.32. The summed E-state index contributed by atoms with van der Waals surface area (Å²) in [6.45, 7) is 0. The van der Waals surface area contributed by atoms with Crippen LogP contribution in [0.1, 0.15) is 68.4 Å². The van der Waals surface area contributed by atoms with Gasteiger partial charge >= 0.3 is 0 Å². The first kappa shape index (κ1) is 11.3. The van der Waals surface area contributed by atoms with E-state index < -0.39 is 0 Å². The Morgan fingerprint density at radius 3 is 2.41 bits per heavy atom. The van der Waals surface area contributed by atoms with Crippen LogP contribution in [-0.2, 0) is 5.54 Å². The van der Waals surface area contributed by atoms with Crippen LogP contribution in [-0.4, -0.2) is 0 Å². The second-order valence-electron chi connectivity index (χ2n) is 5.97. The average Bonchev–Trinajstić information content (AvgIpc) is 3.01. The minimum absolute atomic E-state index is 0.0192. The van der Waals surface area contributed by atoms with E-state index in [4.69, 9.17) is 5.73 Å². The molecule has 2 saturated carbocycles. The third-order valence-corrected chi connectivity index (χ3v) is 4.78. The molecule has 0 heterocycles. The fraction of sp³-hybridized carbons (Fsp3) is 0.625. The smallest absolute Gasteiger partial charge is 0.0409 e. The van der Waals surface area contributed by atoms with Gasteiger partial charge in [-0.3, -0.25) is 0 Å². The van der Waals surface area contributed by atoms with Gasteiger partial charge in [-0.2, -0.15) is 0 Å². The summed E-state index contributed by atoms with van der Waals surface area (Å²) >= 11 is 0. The van der Waals surface area contributed by atoms with E-state index in [1.165, 1.54) is 62.5 Å². The molecule has 1 heteroatoms. The van der Waals surface area contributed by atoms with Crippen molar-refractivity contribution >= 4 is 0 Å². The van der Waals surface area contributed by atoms with E-state index in [1.54, 1.807) is 0 Å². The first-order valence-corrected chi connectivity index (χ1v) is 7.17. The fourth-order valence-electron chi connectivity index (χ4n) is 3.66. The van der Waals surface area contributed by atoms with Crippen LogP contribution in [0.4, 0.5) is 0 Å². The summed E-state index contributed by atoms with van der Waals surface area (Å²) in [5.74, 6) is 0.806. The lowest BCUT2D eigenvalue weighted by molar-refractivity contribution is 0.460. The quantitative estimate of drug-likeness (QED) is 0.812. The lowest BCUT2D eigenvalue weighted by Gasteiger charge is -2.25. The third kappa shape index (κ3) is 2.13. The summed E-state index contributed by atoms with van der Waals surface area (Å²) in [7, 11) is 0. The van der Waals surface area contributed by atoms with Crippen LogP contribution in [0.5, 0.6) is 0 Å². The predicted octanol–water partition coefficient (Wildman–Crippen LogP) is 4.07. The summed E-state index contributed by atoms with van der Waals surface area (Å²) in [6, 6.07) is 9.17. The zero-order valence-electron chi connectivity index (χ0n) is 10.6. The van der Waals surface area contributed by atoms with E-state index in [1.807, 2.05) is 0 Å². The maximum atomic E-state index is 6.55. The largest absolute Gasteiger partial charge is 0.321 e. The molecule has 0 unspecified atom stereocenters. The topological polar surface area (TPSA) is 26.0 Å². The van der Waals surface area contributed by atoms with Crippen molar-refractivity contribution in [3.63, 3.8) is 0 Å². The molecule has 1 nitrogen and oxygen atoms in total. The molecule has 0 bridgehead atoms. The minimum atomic E-state index is -0.0192. The lowest BCUT2D eigenvalue weighted by Crippen LogP contribution is -2.33. The molecule has 0 amide bonds. The van der Waals surface area contributed by atoms with Crippen LogP contribution in [0.3, 0.4) is 0 Å². The van der Waals surface area contributed by atoms with Gasteiger partial charge in [0.25, 0.3) is 0 Å². The number of hydrogen-bond acceptors (Lipinski definition) is 1. The first-order chi connectivity index (χ1) is 8.28. The van der Waals surface area contributed by atoms with E-state index in [9.17, 15) is 0 Å². The van der Waals surface area contributed by atoms with Gasteiger partial charge in [-0.05, 0) is 42.7 Å². The Labute approximate surface area is 104 Å². The molecule has 2 N–H and O–H groups in total. The molecule has 0 radical (unpaired) electrons. The van der Waals surface area contributed by atoms with Gasteiger partial charge in [0.2, 0.25) is 0 Å². The van der Waals surface area contributed by atoms with Crippen molar-refractivity contribution in [3.05, 3.63) is 35.4 Å². The monoisotopic (exact) mass is 229 g/mol. The van der Waals surface area contributed by atoms with Crippen LogP contribution >= 0.6 is 0 Å². The van der Waals surface area contributed by atoms with Crippen LogP contribution in [0, 0.1) is 0 Å². The summed E-state index contributed by atoms with van der Waals surface area (Å²) in [5.41, 5.74) is 9.46. The van der Waals surface area contributed by atoms with Crippen molar-refractivity contribution in [2.24, 2.45) is 5.73 Å². The highest BCUT2D eigenvalue weighted by atomic mass is 14.8. The molecule has 0 spiro atoms. The molecule has 1 aromatic carbocycles. The highest BCUT2D eigenvalue weighted by Gasteiger charge is 2.31. The van der Waals surface area contributed by atoms with E-state index in [2.05, 4.69) is 24.3 Å². The van der Waals surface area contributed by atoms with Crippen LogP contribution in [0.25, 0.3) is 0 Å². The zero-order valence-corrected chi connectivity index (χ0v) is 10.6. The Morgan fingerprint density at radius 1 is 1.00 bits per heavy atom. The van der Waals surface area contributed by atoms with Gasteiger partial charge in [0, 0.05) is 5.54 Å². The van der Waals surface area contributed by atoms with E-state index in [0.717, 1.165) is 5.92 Å². The van der Waals surface area contributed by atoms with Crippen molar-refractivity contribution in [3.8, 4) is 0 Å². The van der Waals surface area contributed by atoms with Crippen molar-refractivity contribution in [2.45, 2.75) is 62.8 Å². The molecular weight excluding hydrogens is 206 g/mol. The molecule has 2 fully saturated rings. The maximum Gasteiger partial charge on any atom is 0.0409 e. The summed E-state index contributed by atoms with van der Waals surface area (Å²) in [5, 5.41) is 0. The van der Waals surface area contributed by atoms with Gasteiger partial charge in [0.1, 0.15) is 0 Å². The fourth-order valence-corrected chi connectivity index (χ4v) is 3.66. The Bertz CT molecular complexity index is 384. The van der Waals surface area contributed by atoms with Gasteiger partial charge in [0.15, 0.2) is 0 Å². The Kier molecular flexibility index (Phi) is 2.96. The zero-order chi connectivity index (χ0) is 11.7. The highest BCUT2D eigenvalue weighted by Crippen LogP contribution is 2.39. The molecule has 0 saturated heterocycles. The molecular formula is C16H23N. The van der Waals surface area contributed by atoms with Gasteiger partial charge in [-0.15, -0.1) is 0 Å². The summed E-state index contributed by atoms with van der Waals surface area (Å²) in [4.78, 5) is 0. The Morgan fingerprint density at radius 2 is 1.71 bits per heavy atom. The molecule has 0 aliphatic heterocycles. The molecule has 0 aromatic heterocycles. The normalized spacial score (nSPS) is 24.3. The van der Waals surface area contributed by atoms with Gasteiger partial charge in [-0.1, -0.05) is 49.9 Å². The summed E-state index contributed by atoms with van der Waals surface area (Å²) < 4.78 is 0. The molecule has 92 valence electrons. The average molecular weight is 229 g/mol. The van der Waals surface area contributed by atoms with E-state index in [0.29, 0.717) is 0 Å². The van der Waals surface area contributed by atoms with Gasteiger partial charge in [0.05, 0.1) is 0 Å². The minimum Gasteiger partial charge on any atom is -0.321 e. The van der Waals surface area contributed by atoms with Crippen molar-refractivity contribution in [2.75, 3.05) is 0 Å². The van der Waals surface area contributed by atoms with Gasteiger partial charge < -0.3 is 5.73 Å². The SMILES string of the molecule is NC1(c2cccc(C3CCCC3)c2)CCCC1. The second-order valence-corrected chi connectivity index (χ2v) is 5.97. The second kappa shape index (κ2) is 4.45. The number of rotatable bonds is 2. The van der Waals surface area contributed by atoms with Crippen LogP contribution in [0.15, 0.2) is 24.3 Å². The van der Waals surface area contributed by atoms with E-state index in [-0.39, 0.29) is 5.54 Å². The molecule has 0 atom stereocenters. The third-order valence-electron chi connectivity index (χ3n) is 4.78. The lowest BCUT2D eigenvalue weighted by atomic mass is 9.86. The number of nitrogens with two attached hydrogens (primary N) is 1. The molecule has 2 aliphatic rings. The van der Waals surface area contributed by atoms with Gasteiger partial charge in [-0.25, -0.2) is 0 Å². The number of hydrogen-bond donors (Lipinski definition) is 1. The van der Waals surface area contributed by atoms with Crippen molar-refractivity contribution < 1.29 is 0 Å². The van der Waals surface area contributed by atoms with Crippen LogP contribution < -0.4 is 5.73 Å². The molecule has 2 aliphatic carbocycles. The first-order valence-electron chi connectivity index (χ1n) is 7.17. The van der Waals surface area contributed by atoms with E-state index >= 15 is 0 Å². The number of benzene rings is 1. The predicted molar refractivity (Wildman–Crippen MR) is 72.0 cm³/mol. The Hall–Kier alpha value is -0.820. The maximum absolute atomic E-state index is 6.55. The molecule has 1 aromatic rings. The molecule has 17 heavy (non-hydrogen) atoms. The Balaban J connectivity index is 1.88. The standard InChI is InChI=1S/C16H23N/c17-16(10-3-4-11-16)15-9-5-8-14(12-15)13-6-1-2-7-13/h5,8-9,12-13H,1-4,6-7,10-11,17H2. The van der Waals surface area contributed by atoms with Crippen molar-refractivity contribution in [1.29, 1.82) is 0 Å². The summed E-state index contributed by atoms with van der Waals surface area (Å²) in [6.07, 6.45) is 10.5. The molecule has 3 rings (SSSR count).